The highest BCUT2D eigenvalue weighted by Gasteiger charge is 2.04. The number of rotatable bonds is 1. The van der Waals surface area contributed by atoms with Crippen molar-refractivity contribution < 1.29 is 8.76 Å². The van der Waals surface area contributed by atoms with Gasteiger partial charge in [-0.05, 0) is 6.92 Å². The molecule has 0 radical (unpaired) electrons. The van der Waals surface area contributed by atoms with E-state index in [4.69, 9.17) is 16.2 Å². The second kappa shape index (κ2) is 3.25. The zero-order valence-electron chi connectivity index (χ0n) is 5.61. The standard InChI is InChI=1S/C5H5ClN2O2S/c1-3-4(6)2-7-5(8-3)11(9)10/h2H,1H3,(H,9,10). The molecular weight excluding hydrogens is 188 g/mol. The molecule has 1 rings (SSSR count). The van der Waals surface area contributed by atoms with E-state index in [0.717, 1.165) is 0 Å². The van der Waals surface area contributed by atoms with Crippen LogP contribution in [0, 0.1) is 6.92 Å². The molecule has 1 unspecified atom stereocenters. The van der Waals surface area contributed by atoms with E-state index in [-0.39, 0.29) is 5.16 Å². The number of halogens is 1. The average molecular weight is 193 g/mol. The van der Waals surface area contributed by atoms with Gasteiger partial charge in [0.2, 0.25) is 16.2 Å². The lowest BCUT2D eigenvalue weighted by Crippen LogP contribution is -1.98. The molecule has 0 aromatic carbocycles. The molecule has 0 saturated heterocycles. The van der Waals surface area contributed by atoms with Gasteiger partial charge in [0.05, 0.1) is 16.9 Å². The van der Waals surface area contributed by atoms with E-state index in [9.17, 15) is 4.21 Å². The van der Waals surface area contributed by atoms with Gasteiger partial charge in [-0.25, -0.2) is 14.2 Å². The Labute approximate surface area is 70.9 Å². The van der Waals surface area contributed by atoms with E-state index in [1.807, 2.05) is 0 Å². The summed E-state index contributed by atoms with van der Waals surface area (Å²) in [6.07, 6.45) is 1.30. The van der Waals surface area contributed by atoms with Crippen molar-refractivity contribution in [2.24, 2.45) is 0 Å². The first-order chi connectivity index (χ1) is 5.11. The van der Waals surface area contributed by atoms with Crippen molar-refractivity contribution in [2.75, 3.05) is 0 Å². The Kier molecular flexibility index (Phi) is 2.53. The number of aromatic nitrogens is 2. The van der Waals surface area contributed by atoms with Crippen molar-refractivity contribution in [1.29, 1.82) is 0 Å². The molecule has 4 nitrogen and oxygen atoms in total. The molecule has 1 heterocycles. The van der Waals surface area contributed by atoms with Crippen LogP contribution >= 0.6 is 11.6 Å². The zero-order chi connectivity index (χ0) is 8.43. The molecule has 0 saturated carbocycles. The zero-order valence-corrected chi connectivity index (χ0v) is 7.19. The average Bonchev–Trinajstić information content (AvgIpc) is 1.94. The van der Waals surface area contributed by atoms with E-state index in [0.29, 0.717) is 10.7 Å². The van der Waals surface area contributed by atoms with Gasteiger partial charge in [0.25, 0.3) is 0 Å². The molecule has 1 aromatic heterocycles. The van der Waals surface area contributed by atoms with Crippen molar-refractivity contribution in [2.45, 2.75) is 12.1 Å². The van der Waals surface area contributed by atoms with Gasteiger partial charge >= 0.3 is 0 Å². The van der Waals surface area contributed by atoms with Gasteiger partial charge in [-0.3, -0.25) is 4.55 Å². The lowest BCUT2D eigenvalue weighted by molar-refractivity contribution is 0.554. The number of hydrogen-bond acceptors (Lipinski definition) is 3. The monoisotopic (exact) mass is 192 g/mol. The summed E-state index contributed by atoms with van der Waals surface area (Å²) in [4.78, 5) is 7.22. The maximum Gasteiger partial charge on any atom is 0.247 e. The van der Waals surface area contributed by atoms with Crippen molar-refractivity contribution in [3.63, 3.8) is 0 Å². The maximum absolute atomic E-state index is 10.4. The van der Waals surface area contributed by atoms with Gasteiger partial charge in [0.15, 0.2) is 0 Å². The minimum atomic E-state index is -2.13. The SMILES string of the molecule is Cc1nc(S(=O)O)ncc1Cl. The van der Waals surface area contributed by atoms with Crippen LogP contribution in [0.3, 0.4) is 0 Å². The normalized spacial score (nSPS) is 13.0. The fourth-order valence-corrected chi connectivity index (χ4v) is 0.964. The molecule has 11 heavy (non-hydrogen) atoms. The summed E-state index contributed by atoms with van der Waals surface area (Å²) in [5, 5.41) is 0.270. The summed E-state index contributed by atoms with van der Waals surface area (Å²) in [5.41, 5.74) is 0.499. The summed E-state index contributed by atoms with van der Waals surface area (Å²) in [6.45, 7) is 1.64. The van der Waals surface area contributed by atoms with Crippen LogP contribution in [-0.4, -0.2) is 18.7 Å². The Hall–Kier alpha value is -0.520. The predicted octanol–water partition coefficient (Wildman–Crippen LogP) is 1.02. The Morgan fingerprint density at radius 1 is 1.73 bits per heavy atom. The highest BCUT2D eigenvalue weighted by atomic mass is 35.5. The molecule has 0 amide bonds. The van der Waals surface area contributed by atoms with Crippen LogP contribution < -0.4 is 0 Å². The fourth-order valence-electron chi connectivity index (χ4n) is 0.515. The summed E-state index contributed by atoms with van der Waals surface area (Å²) >= 11 is 3.45. The van der Waals surface area contributed by atoms with Crippen LogP contribution in [0.4, 0.5) is 0 Å². The number of hydrogen-bond donors (Lipinski definition) is 1. The van der Waals surface area contributed by atoms with Crippen LogP contribution in [0.2, 0.25) is 5.02 Å². The number of nitrogens with zero attached hydrogens (tertiary/aromatic N) is 2. The highest BCUT2D eigenvalue weighted by Crippen LogP contribution is 2.10. The molecule has 0 bridgehead atoms. The molecule has 6 heteroatoms. The minimum absolute atomic E-state index is 0.119. The van der Waals surface area contributed by atoms with Crippen molar-refractivity contribution in [1.82, 2.24) is 9.97 Å². The third-order valence-electron chi connectivity index (χ3n) is 1.05. The van der Waals surface area contributed by atoms with Gasteiger partial charge in [-0.1, -0.05) is 11.6 Å². The van der Waals surface area contributed by atoms with E-state index in [1.165, 1.54) is 6.20 Å². The molecule has 0 aliphatic heterocycles. The third kappa shape index (κ3) is 1.95. The first-order valence-corrected chi connectivity index (χ1v) is 4.19. The molecule has 0 fully saturated rings. The summed E-state index contributed by atoms with van der Waals surface area (Å²) in [7, 11) is 0. The largest absolute Gasteiger partial charge is 0.300 e. The van der Waals surface area contributed by atoms with Crippen LogP contribution in [0.15, 0.2) is 11.4 Å². The maximum atomic E-state index is 10.4. The summed E-state index contributed by atoms with van der Waals surface area (Å²) in [5.74, 6) is 0. The molecular formula is C5H5ClN2O2S. The van der Waals surface area contributed by atoms with Gasteiger partial charge in [-0.2, -0.15) is 0 Å². The summed E-state index contributed by atoms with van der Waals surface area (Å²) < 4.78 is 19.0. The van der Waals surface area contributed by atoms with E-state index < -0.39 is 11.1 Å². The summed E-state index contributed by atoms with van der Waals surface area (Å²) in [6, 6.07) is 0. The topological polar surface area (TPSA) is 63.1 Å². The van der Waals surface area contributed by atoms with Crippen LogP contribution in [-0.2, 0) is 11.1 Å². The lowest BCUT2D eigenvalue weighted by atomic mass is 10.5. The van der Waals surface area contributed by atoms with Gasteiger partial charge in [-0.15, -0.1) is 0 Å². The van der Waals surface area contributed by atoms with Gasteiger partial charge in [0, 0.05) is 0 Å². The van der Waals surface area contributed by atoms with Crippen LogP contribution in [0.25, 0.3) is 0 Å². The van der Waals surface area contributed by atoms with Gasteiger partial charge in [0.1, 0.15) is 0 Å². The van der Waals surface area contributed by atoms with Crippen LogP contribution in [0.5, 0.6) is 0 Å². The number of aryl methyl sites for hydroxylation is 1. The Morgan fingerprint density at radius 2 is 2.36 bits per heavy atom. The van der Waals surface area contributed by atoms with E-state index in [2.05, 4.69) is 9.97 Å². The molecule has 1 aromatic rings. The molecule has 0 spiro atoms. The van der Waals surface area contributed by atoms with Crippen LogP contribution in [0.1, 0.15) is 5.69 Å². The molecule has 60 valence electrons. The smallest absolute Gasteiger partial charge is 0.247 e. The highest BCUT2D eigenvalue weighted by molar-refractivity contribution is 7.79. The molecule has 0 aliphatic carbocycles. The van der Waals surface area contributed by atoms with Crippen molar-refractivity contribution in [3.05, 3.63) is 16.9 Å². The van der Waals surface area contributed by atoms with E-state index in [1.54, 1.807) is 6.92 Å². The second-order valence-electron chi connectivity index (χ2n) is 1.84. The fraction of sp³-hybridized carbons (Fsp3) is 0.200. The van der Waals surface area contributed by atoms with Gasteiger partial charge < -0.3 is 0 Å². The first-order valence-electron chi connectivity index (χ1n) is 2.71. The Morgan fingerprint density at radius 3 is 2.82 bits per heavy atom. The quantitative estimate of drug-likeness (QED) is 0.533. The van der Waals surface area contributed by atoms with Crippen molar-refractivity contribution >= 4 is 22.7 Å². The third-order valence-corrected chi connectivity index (χ3v) is 1.93. The molecule has 1 atom stereocenters. The predicted molar refractivity (Wildman–Crippen MR) is 40.8 cm³/mol. The molecule has 0 aliphatic rings. The second-order valence-corrected chi connectivity index (χ2v) is 3.11. The van der Waals surface area contributed by atoms with Crippen molar-refractivity contribution in [3.8, 4) is 0 Å². The first kappa shape index (κ1) is 8.58. The lowest BCUT2D eigenvalue weighted by Gasteiger charge is -1.96. The Balaban J connectivity index is 3.15. The Bertz CT molecular complexity index is 305. The van der Waals surface area contributed by atoms with E-state index >= 15 is 0 Å². The molecule has 1 N–H and O–H groups in total. The minimum Gasteiger partial charge on any atom is -0.300 e.